The number of hydrogen-bond acceptors (Lipinski definition) is 3. The molecule has 0 aliphatic rings. The number of hydrogen-bond donors (Lipinski definition) is 0. The van der Waals surface area contributed by atoms with Crippen molar-refractivity contribution in [3.8, 4) is 11.4 Å². The van der Waals surface area contributed by atoms with E-state index in [1.54, 1.807) is 18.1 Å². The standard InChI is InChI=1S/C10H11N3O/c1-8-3-9(5-10(4-8)14-2)13-7-11-6-12-13/h3-7H,1-2H3. The van der Waals surface area contributed by atoms with Crippen LogP contribution in [0.3, 0.4) is 0 Å². The van der Waals surface area contributed by atoms with Crippen molar-refractivity contribution in [2.45, 2.75) is 6.92 Å². The zero-order valence-corrected chi connectivity index (χ0v) is 8.14. The molecule has 1 aromatic heterocycles. The Morgan fingerprint density at radius 1 is 1.29 bits per heavy atom. The second kappa shape index (κ2) is 3.49. The molecule has 0 atom stereocenters. The van der Waals surface area contributed by atoms with Gasteiger partial charge < -0.3 is 4.74 Å². The summed E-state index contributed by atoms with van der Waals surface area (Å²) in [5, 5.41) is 4.05. The topological polar surface area (TPSA) is 39.9 Å². The molecule has 0 unspecified atom stereocenters. The molecule has 0 saturated carbocycles. The molecule has 0 fully saturated rings. The van der Waals surface area contributed by atoms with Crippen LogP contribution in [0.15, 0.2) is 30.9 Å². The van der Waals surface area contributed by atoms with Gasteiger partial charge in [-0.25, -0.2) is 9.67 Å². The van der Waals surface area contributed by atoms with Gasteiger partial charge in [0, 0.05) is 6.07 Å². The third kappa shape index (κ3) is 1.59. The van der Waals surface area contributed by atoms with Crippen LogP contribution >= 0.6 is 0 Å². The third-order valence-electron chi connectivity index (χ3n) is 1.95. The van der Waals surface area contributed by atoms with Crippen LogP contribution in [0.2, 0.25) is 0 Å². The van der Waals surface area contributed by atoms with Gasteiger partial charge >= 0.3 is 0 Å². The Morgan fingerprint density at radius 3 is 2.79 bits per heavy atom. The molecule has 72 valence electrons. The van der Waals surface area contributed by atoms with Crippen molar-refractivity contribution >= 4 is 0 Å². The first-order valence-electron chi connectivity index (χ1n) is 4.30. The lowest BCUT2D eigenvalue weighted by Gasteiger charge is -2.05. The van der Waals surface area contributed by atoms with Crippen molar-refractivity contribution in [3.05, 3.63) is 36.4 Å². The summed E-state index contributed by atoms with van der Waals surface area (Å²) in [7, 11) is 1.65. The summed E-state index contributed by atoms with van der Waals surface area (Å²) in [6.07, 6.45) is 3.17. The summed E-state index contributed by atoms with van der Waals surface area (Å²) in [4.78, 5) is 3.89. The lowest BCUT2D eigenvalue weighted by atomic mass is 10.2. The number of ether oxygens (including phenoxy) is 1. The Balaban J connectivity index is 2.48. The molecule has 14 heavy (non-hydrogen) atoms. The number of methoxy groups -OCH3 is 1. The molecule has 2 rings (SSSR count). The van der Waals surface area contributed by atoms with E-state index in [-0.39, 0.29) is 0 Å². The maximum Gasteiger partial charge on any atom is 0.138 e. The number of aryl methyl sites for hydroxylation is 1. The summed E-state index contributed by atoms with van der Waals surface area (Å²) in [5.74, 6) is 0.829. The van der Waals surface area contributed by atoms with Crippen LogP contribution in [0.25, 0.3) is 5.69 Å². The molecule has 0 bridgehead atoms. The number of benzene rings is 1. The van der Waals surface area contributed by atoms with Crippen LogP contribution in [0.1, 0.15) is 5.56 Å². The third-order valence-corrected chi connectivity index (χ3v) is 1.95. The highest BCUT2D eigenvalue weighted by Gasteiger charge is 2.00. The second-order valence-corrected chi connectivity index (χ2v) is 3.05. The maximum atomic E-state index is 5.17. The van der Waals surface area contributed by atoms with Gasteiger partial charge in [0.25, 0.3) is 0 Å². The lowest BCUT2D eigenvalue weighted by molar-refractivity contribution is 0.414. The summed E-state index contributed by atoms with van der Waals surface area (Å²) >= 11 is 0. The van der Waals surface area contributed by atoms with Crippen LogP contribution in [-0.4, -0.2) is 21.9 Å². The van der Waals surface area contributed by atoms with Crippen molar-refractivity contribution < 1.29 is 4.74 Å². The molecule has 0 radical (unpaired) electrons. The molecule has 0 N–H and O–H groups in total. The molecule has 0 spiro atoms. The fourth-order valence-electron chi connectivity index (χ4n) is 1.32. The van der Waals surface area contributed by atoms with Crippen LogP contribution < -0.4 is 4.74 Å². The average Bonchev–Trinajstić information content (AvgIpc) is 2.69. The number of rotatable bonds is 2. The molecular weight excluding hydrogens is 178 g/mol. The quantitative estimate of drug-likeness (QED) is 0.720. The van der Waals surface area contributed by atoms with Crippen molar-refractivity contribution in [2.24, 2.45) is 0 Å². The maximum absolute atomic E-state index is 5.17. The fraction of sp³-hybridized carbons (Fsp3) is 0.200. The van der Waals surface area contributed by atoms with E-state index in [0.29, 0.717) is 0 Å². The molecule has 1 heterocycles. The van der Waals surface area contributed by atoms with E-state index in [9.17, 15) is 0 Å². The Labute approximate surface area is 82.2 Å². The lowest BCUT2D eigenvalue weighted by Crippen LogP contribution is -1.96. The summed E-state index contributed by atoms with van der Waals surface area (Å²) < 4.78 is 6.88. The van der Waals surface area contributed by atoms with Crippen molar-refractivity contribution in [3.63, 3.8) is 0 Å². The van der Waals surface area contributed by atoms with Crippen LogP contribution in [0.4, 0.5) is 0 Å². The summed E-state index contributed by atoms with van der Waals surface area (Å²) in [6, 6.07) is 5.92. The average molecular weight is 189 g/mol. The zero-order chi connectivity index (χ0) is 9.97. The monoisotopic (exact) mass is 189 g/mol. The fourth-order valence-corrected chi connectivity index (χ4v) is 1.32. The van der Waals surface area contributed by atoms with Gasteiger partial charge in [-0.3, -0.25) is 0 Å². The molecule has 0 aliphatic carbocycles. The Bertz CT molecular complexity index is 423. The number of nitrogens with zero attached hydrogens (tertiary/aromatic N) is 3. The molecule has 2 aromatic rings. The molecule has 0 amide bonds. The molecule has 0 aliphatic heterocycles. The van der Waals surface area contributed by atoms with Crippen LogP contribution in [0, 0.1) is 6.92 Å². The SMILES string of the molecule is COc1cc(C)cc(-n2cncn2)c1. The molecule has 1 aromatic carbocycles. The van der Waals surface area contributed by atoms with Gasteiger partial charge in [0.2, 0.25) is 0 Å². The van der Waals surface area contributed by atoms with Gasteiger partial charge in [0.05, 0.1) is 12.8 Å². The van der Waals surface area contributed by atoms with E-state index in [1.165, 1.54) is 6.33 Å². The van der Waals surface area contributed by atoms with Crippen molar-refractivity contribution in [1.82, 2.24) is 14.8 Å². The molecule has 4 heteroatoms. The summed E-state index contributed by atoms with van der Waals surface area (Å²) in [6.45, 7) is 2.02. The predicted octanol–water partition coefficient (Wildman–Crippen LogP) is 1.58. The first-order chi connectivity index (χ1) is 6.79. The molecule has 4 nitrogen and oxygen atoms in total. The smallest absolute Gasteiger partial charge is 0.138 e. The minimum absolute atomic E-state index is 0.829. The van der Waals surface area contributed by atoms with E-state index >= 15 is 0 Å². The van der Waals surface area contributed by atoms with Gasteiger partial charge in [-0.15, -0.1) is 0 Å². The largest absolute Gasteiger partial charge is 0.497 e. The van der Waals surface area contributed by atoms with Crippen molar-refractivity contribution in [2.75, 3.05) is 7.11 Å². The Kier molecular flexibility index (Phi) is 2.18. The van der Waals surface area contributed by atoms with E-state index in [2.05, 4.69) is 10.1 Å². The minimum atomic E-state index is 0.829. The first-order valence-corrected chi connectivity index (χ1v) is 4.30. The van der Waals surface area contributed by atoms with Crippen LogP contribution in [-0.2, 0) is 0 Å². The zero-order valence-electron chi connectivity index (χ0n) is 8.14. The van der Waals surface area contributed by atoms with E-state index in [0.717, 1.165) is 17.0 Å². The minimum Gasteiger partial charge on any atom is -0.497 e. The normalized spacial score (nSPS) is 10.1. The van der Waals surface area contributed by atoms with E-state index in [4.69, 9.17) is 4.74 Å². The van der Waals surface area contributed by atoms with E-state index < -0.39 is 0 Å². The molecule has 0 saturated heterocycles. The van der Waals surface area contributed by atoms with Crippen molar-refractivity contribution in [1.29, 1.82) is 0 Å². The van der Waals surface area contributed by atoms with Gasteiger partial charge in [-0.05, 0) is 24.6 Å². The second-order valence-electron chi connectivity index (χ2n) is 3.05. The molecular formula is C10H11N3O. The summed E-state index contributed by atoms with van der Waals surface area (Å²) in [5.41, 5.74) is 2.09. The Hall–Kier alpha value is -1.84. The highest BCUT2D eigenvalue weighted by atomic mass is 16.5. The van der Waals surface area contributed by atoms with Crippen LogP contribution in [0.5, 0.6) is 5.75 Å². The van der Waals surface area contributed by atoms with Gasteiger partial charge in [-0.2, -0.15) is 5.10 Å². The van der Waals surface area contributed by atoms with Gasteiger partial charge in [-0.1, -0.05) is 0 Å². The highest BCUT2D eigenvalue weighted by Crippen LogP contribution is 2.18. The predicted molar refractivity (Wildman–Crippen MR) is 52.6 cm³/mol. The number of aromatic nitrogens is 3. The van der Waals surface area contributed by atoms with E-state index in [1.807, 2.05) is 25.1 Å². The van der Waals surface area contributed by atoms with Gasteiger partial charge in [0.15, 0.2) is 0 Å². The Morgan fingerprint density at radius 2 is 2.14 bits per heavy atom. The first kappa shape index (κ1) is 8.74. The van der Waals surface area contributed by atoms with Gasteiger partial charge in [0.1, 0.15) is 18.4 Å². The highest BCUT2D eigenvalue weighted by molar-refractivity contribution is 5.42.